The van der Waals surface area contributed by atoms with Crippen LogP contribution in [0.5, 0.6) is 0 Å². The van der Waals surface area contributed by atoms with Gasteiger partial charge in [-0.1, -0.05) is 44.7 Å². The molecular formula is C15H18F2N2S2. The minimum atomic E-state index is -2.41. The predicted octanol–water partition coefficient (Wildman–Crippen LogP) is 5.37. The molecule has 0 radical (unpaired) electrons. The third-order valence-corrected chi connectivity index (χ3v) is 4.96. The summed E-state index contributed by atoms with van der Waals surface area (Å²) in [5.74, 6) is -2.41. The zero-order valence-corrected chi connectivity index (χ0v) is 13.8. The monoisotopic (exact) mass is 328 g/mol. The van der Waals surface area contributed by atoms with Crippen LogP contribution >= 0.6 is 23.1 Å². The summed E-state index contributed by atoms with van der Waals surface area (Å²) in [6.07, 6.45) is 1.85. The van der Waals surface area contributed by atoms with E-state index >= 15 is 0 Å². The zero-order valence-electron chi connectivity index (χ0n) is 12.2. The molecule has 0 saturated carbocycles. The number of benzene rings is 1. The summed E-state index contributed by atoms with van der Waals surface area (Å²) in [6.45, 7) is 6.96. The van der Waals surface area contributed by atoms with Crippen LogP contribution in [0.25, 0.3) is 0 Å². The number of para-hydroxylation sites is 1. The first-order valence-corrected chi connectivity index (χ1v) is 8.29. The maximum absolute atomic E-state index is 12.5. The number of nitrogens with one attached hydrogen (secondary N) is 1. The summed E-state index contributed by atoms with van der Waals surface area (Å²) in [4.78, 5) is 6.08. The molecule has 1 N–H and O–H groups in total. The van der Waals surface area contributed by atoms with Gasteiger partial charge in [0.2, 0.25) is 0 Å². The van der Waals surface area contributed by atoms with Gasteiger partial charge in [-0.05, 0) is 12.1 Å². The van der Waals surface area contributed by atoms with Crippen molar-refractivity contribution in [3.05, 3.63) is 40.3 Å². The number of thiazole rings is 1. The maximum Gasteiger partial charge on any atom is 0.288 e. The van der Waals surface area contributed by atoms with Crippen molar-refractivity contribution in [2.24, 2.45) is 0 Å². The van der Waals surface area contributed by atoms with E-state index in [0.717, 1.165) is 15.6 Å². The molecule has 0 unspecified atom stereocenters. The fourth-order valence-corrected chi connectivity index (χ4v) is 3.26. The van der Waals surface area contributed by atoms with Gasteiger partial charge in [0.15, 0.2) is 0 Å². The molecule has 0 aliphatic carbocycles. The second-order valence-corrected chi connectivity index (χ2v) is 7.76. The first-order chi connectivity index (χ1) is 9.86. The summed E-state index contributed by atoms with van der Waals surface area (Å²) < 4.78 is 25.1. The normalized spacial score (nSPS) is 11.9. The van der Waals surface area contributed by atoms with Crippen LogP contribution in [-0.2, 0) is 12.0 Å². The highest BCUT2D eigenvalue weighted by Crippen LogP contribution is 2.32. The van der Waals surface area contributed by atoms with Gasteiger partial charge in [0.25, 0.3) is 5.76 Å². The van der Waals surface area contributed by atoms with Crippen LogP contribution in [0.4, 0.5) is 14.5 Å². The molecule has 0 amide bonds. The second kappa shape index (κ2) is 6.75. The fourth-order valence-electron chi connectivity index (χ4n) is 1.73. The van der Waals surface area contributed by atoms with Crippen molar-refractivity contribution in [3.63, 3.8) is 0 Å². The molecule has 0 bridgehead atoms. The molecular weight excluding hydrogens is 310 g/mol. The van der Waals surface area contributed by atoms with Gasteiger partial charge in [0.05, 0.1) is 11.6 Å². The Hall–Kier alpha value is -1.14. The van der Waals surface area contributed by atoms with E-state index in [4.69, 9.17) is 0 Å². The number of nitrogens with zero attached hydrogens (tertiary/aromatic N) is 1. The minimum absolute atomic E-state index is 0.0341. The lowest BCUT2D eigenvalue weighted by atomic mass is 9.98. The predicted molar refractivity (Wildman–Crippen MR) is 86.4 cm³/mol. The fraction of sp³-hybridized carbons (Fsp3) is 0.400. The minimum Gasteiger partial charge on any atom is -0.379 e. The lowest BCUT2D eigenvalue weighted by molar-refractivity contribution is 0.252. The molecule has 0 fully saturated rings. The van der Waals surface area contributed by atoms with Crippen molar-refractivity contribution in [3.8, 4) is 0 Å². The van der Waals surface area contributed by atoms with Crippen molar-refractivity contribution < 1.29 is 8.78 Å². The van der Waals surface area contributed by atoms with Crippen molar-refractivity contribution in [2.45, 2.75) is 43.4 Å². The summed E-state index contributed by atoms with van der Waals surface area (Å²) in [7, 11) is 0. The Morgan fingerprint density at radius 2 is 2.00 bits per heavy atom. The maximum atomic E-state index is 12.5. The third-order valence-electron chi connectivity index (χ3n) is 2.75. The Morgan fingerprint density at radius 1 is 1.29 bits per heavy atom. The number of aromatic nitrogens is 1. The van der Waals surface area contributed by atoms with Crippen molar-refractivity contribution in [1.82, 2.24) is 4.98 Å². The third kappa shape index (κ3) is 4.68. The van der Waals surface area contributed by atoms with Crippen molar-refractivity contribution in [2.75, 3.05) is 5.32 Å². The number of anilines is 1. The van der Waals surface area contributed by atoms with Crippen LogP contribution < -0.4 is 5.32 Å². The molecule has 21 heavy (non-hydrogen) atoms. The molecule has 1 aromatic heterocycles. The van der Waals surface area contributed by atoms with Gasteiger partial charge >= 0.3 is 0 Å². The second-order valence-electron chi connectivity index (χ2n) is 5.61. The Kier molecular flexibility index (Phi) is 5.22. The van der Waals surface area contributed by atoms with Crippen LogP contribution in [-0.4, -0.2) is 10.7 Å². The van der Waals surface area contributed by atoms with Crippen LogP contribution in [0.2, 0.25) is 0 Å². The number of hydrogen-bond acceptors (Lipinski definition) is 4. The van der Waals surface area contributed by atoms with E-state index in [9.17, 15) is 8.78 Å². The van der Waals surface area contributed by atoms with Gasteiger partial charge in [0.1, 0.15) is 0 Å². The summed E-state index contributed by atoms with van der Waals surface area (Å²) >= 11 is 2.21. The zero-order chi connectivity index (χ0) is 15.5. The number of halogens is 2. The molecule has 6 heteroatoms. The van der Waals surface area contributed by atoms with Gasteiger partial charge in [-0.25, -0.2) is 4.98 Å². The van der Waals surface area contributed by atoms with Crippen LogP contribution in [0, 0.1) is 0 Å². The number of rotatable bonds is 5. The molecule has 1 aromatic carbocycles. The van der Waals surface area contributed by atoms with Gasteiger partial charge < -0.3 is 5.32 Å². The Morgan fingerprint density at radius 3 is 2.62 bits per heavy atom. The van der Waals surface area contributed by atoms with Gasteiger partial charge in [-0.3, -0.25) is 0 Å². The molecule has 2 rings (SSSR count). The highest BCUT2D eigenvalue weighted by Gasteiger charge is 2.18. The average molecular weight is 328 g/mol. The van der Waals surface area contributed by atoms with Crippen LogP contribution in [0.1, 0.15) is 30.7 Å². The van der Waals surface area contributed by atoms with E-state index in [1.54, 1.807) is 23.5 Å². The van der Waals surface area contributed by atoms with Gasteiger partial charge in [-0.2, -0.15) is 8.78 Å². The topological polar surface area (TPSA) is 24.9 Å². The van der Waals surface area contributed by atoms with Gasteiger partial charge in [-0.15, -0.1) is 11.3 Å². The summed E-state index contributed by atoms with van der Waals surface area (Å²) in [5.41, 5.74) is 0.764. The number of hydrogen-bond donors (Lipinski definition) is 1. The first kappa shape index (κ1) is 16.2. The molecule has 114 valence electrons. The lowest BCUT2D eigenvalue weighted by Crippen LogP contribution is -2.09. The number of alkyl halides is 2. The van der Waals surface area contributed by atoms with Crippen LogP contribution in [0.3, 0.4) is 0 Å². The van der Waals surface area contributed by atoms with Crippen molar-refractivity contribution in [1.29, 1.82) is 0 Å². The molecule has 0 spiro atoms. The van der Waals surface area contributed by atoms with E-state index in [0.29, 0.717) is 23.2 Å². The smallest absolute Gasteiger partial charge is 0.288 e. The van der Waals surface area contributed by atoms with Gasteiger partial charge in [0, 0.05) is 27.1 Å². The molecule has 2 aromatic rings. The standard InChI is InChI=1S/C15H18F2N2S2/c1-15(2,3)13-19-9-10(20-13)8-18-11-6-4-5-7-12(11)21-14(16)17/h4-7,9,14,18H,8H2,1-3H3. The number of thioether (sulfide) groups is 1. The highest BCUT2D eigenvalue weighted by atomic mass is 32.2. The molecule has 1 heterocycles. The molecule has 0 aliphatic rings. The quantitative estimate of drug-likeness (QED) is 0.747. The van der Waals surface area contributed by atoms with E-state index in [-0.39, 0.29) is 5.41 Å². The summed E-state index contributed by atoms with van der Waals surface area (Å²) in [6, 6.07) is 7.12. The Bertz CT molecular complexity index is 591. The molecule has 0 saturated heterocycles. The molecule has 2 nitrogen and oxygen atoms in total. The lowest BCUT2D eigenvalue weighted by Gasteiger charge is -2.13. The van der Waals surface area contributed by atoms with Crippen molar-refractivity contribution >= 4 is 28.8 Å². The average Bonchev–Trinajstić information content (AvgIpc) is 2.86. The molecule has 0 atom stereocenters. The van der Waals surface area contributed by atoms with E-state index < -0.39 is 5.76 Å². The van der Waals surface area contributed by atoms with E-state index in [1.165, 1.54) is 0 Å². The first-order valence-electron chi connectivity index (χ1n) is 6.59. The molecule has 0 aliphatic heterocycles. The SMILES string of the molecule is CC(C)(C)c1ncc(CNc2ccccc2SC(F)F)s1. The van der Waals surface area contributed by atoms with E-state index in [1.807, 2.05) is 18.3 Å². The Balaban J connectivity index is 2.05. The van der Waals surface area contributed by atoms with E-state index in [2.05, 4.69) is 31.1 Å². The summed E-state index contributed by atoms with van der Waals surface area (Å²) in [5, 5.41) is 4.29. The highest BCUT2D eigenvalue weighted by molar-refractivity contribution is 7.99. The largest absolute Gasteiger partial charge is 0.379 e. The van der Waals surface area contributed by atoms with Crippen LogP contribution in [0.15, 0.2) is 35.4 Å². The Labute approximate surface area is 132 Å².